The van der Waals surface area contributed by atoms with Gasteiger partial charge in [0.05, 0.1) is 5.57 Å². The van der Waals surface area contributed by atoms with Gasteiger partial charge in [0.15, 0.2) is 23.0 Å². The van der Waals surface area contributed by atoms with Crippen LogP contribution < -0.4 is 0 Å². The molecule has 3 aliphatic rings. The highest BCUT2D eigenvalue weighted by atomic mass is 16.3. The van der Waals surface area contributed by atoms with Gasteiger partial charge in [0.1, 0.15) is 0 Å². The van der Waals surface area contributed by atoms with Crippen molar-refractivity contribution < 1.29 is 24.3 Å². The summed E-state index contributed by atoms with van der Waals surface area (Å²) < 4.78 is 0. The van der Waals surface area contributed by atoms with Crippen LogP contribution in [0, 0.1) is 23.7 Å². The van der Waals surface area contributed by atoms with Crippen molar-refractivity contribution in [2.45, 2.75) is 80.3 Å². The highest BCUT2D eigenvalue weighted by Crippen LogP contribution is 2.68. The number of hydrogen-bond acceptors (Lipinski definition) is 5. The van der Waals surface area contributed by atoms with Gasteiger partial charge in [-0.25, -0.2) is 0 Å². The molecule has 1 N–H and O–H groups in total. The molecule has 0 aromatic heterocycles. The Balaban J connectivity index is 1.77. The molecular weight excluding hydrogens is 500 g/mol. The maximum atomic E-state index is 14.6. The average molecular weight is 539 g/mol. The lowest BCUT2D eigenvalue weighted by atomic mass is 9.40. The molecule has 0 saturated carbocycles. The fraction of sp³-hybridized carbons (Fsp3) is 0.429. The van der Waals surface area contributed by atoms with E-state index >= 15 is 0 Å². The quantitative estimate of drug-likeness (QED) is 0.345. The van der Waals surface area contributed by atoms with E-state index in [1.807, 2.05) is 52.0 Å². The van der Waals surface area contributed by atoms with E-state index in [4.69, 9.17) is 0 Å². The van der Waals surface area contributed by atoms with E-state index in [1.54, 1.807) is 19.1 Å². The first kappa shape index (κ1) is 28.1. The first-order valence-electron chi connectivity index (χ1n) is 14.0. The third kappa shape index (κ3) is 3.24. The van der Waals surface area contributed by atoms with Gasteiger partial charge in [0, 0.05) is 27.5 Å². The van der Waals surface area contributed by atoms with Crippen LogP contribution in [0.5, 0.6) is 0 Å². The first-order valence-corrected chi connectivity index (χ1v) is 14.0. The maximum absolute atomic E-state index is 14.6. The minimum Gasteiger partial charge on any atom is -0.377 e. The van der Waals surface area contributed by atoms with Crippen LogP contribution in [0.1, 0.15) is 99.6 Å². The molecule has 0 saturated heterocycles. The second kappa shape index (κ2) is 8.78. The van der Waals surface area contributed by atoms with E-state index in [1.165, 1.54) is 13.8 Å². The molecule has 2 aromatic carbocycles. The Bertz CT molecular complexity index is 1600. The smallest absolute Gasteiger partial charge is 0.202 e. The zero-order valence-corrected chi connectivity index (χ0v) is 24.9. The van der Waals surface area contributed by atoms with Crippen molar-refractivity contribution in [1.29, 1.82) is 0 Å². The van der Waals surface area contributed by atoms with Crippen molar-refractivity contribution in [3.05, 3.63) is 80.9 Å². The molecule has 5 nitrogen and oxygen atoms in total. The van der Waals surface area contributed by atoms with E-state index in [-0.39, 0.29) is 34.8 Å². The Morgan fingerprint density at radius 3 is 2.05 bits per heavy atom. The number of carbonyl (C=O) groups is 4. The number of carbonyl (C=O) groups excluding carboxylic acids is 4. The number of fused-ring (bicyclic) bond motifs is 3. The first-order chi connectivity index (χ1) is 18.5. The van der Waals surface area contributed by atoms with Gasteiger partial charge in [-0.2, -0.15) is 0 Å². The molecule has 0 radical (unpaired) electrons. The van der Waals surface area contributed by atoms with Crippen molar-refractivity contribution in [2.75, 3.05) is 0 Å². The van der Waals surface area contributed by atoms with Crippen molar-refractivity contribution in [2.24, 2.45) is 16.7 Å². The average Bonchev–Trinajstić information content (AvgIpc) is 2.89. The summed E-state index contributed by atoms with van der Waals surface area (Å²) in [4.78, 5) is 52.9. The second-order valence-electron chi connectivity index (χ2n) is 12.7. The molecule has 5 heteroatoms. The van der Waals surface area contributed by atoms with Gasteiger partial charge in [0.2, 0.25) is 5.78 Å². The van der Waals surface area contributed by atoms with Crippen LogP contribution in [0.25, 0.3) is 11.1 Å². The van der Waals surface area contributed by atoms with Crippen molar-refractivity contribution in [3.8, 4) is 11.1 Å². The van der Waals surface area contributed by atoms with Crippen LogP contribution in [0.3, 0.4) is 0 Å². The monoisotopic (exact) mass is 538 g/mol. The Morgan fingerprint density at radius 1 is 0.900 bits per heavy atom. The zero-order chi connectivity index (χ0) is 29.7. The van der Waals surface area contributed by atoms with E-state index in [9.17, 15) is 24.3 Å². The molecule has 40 heavy (non-hydrogen) atoms. The molecule has 0 bridgehead atoms. The lowest BCUT2D eigenvalue weighted by Crippen LogP contribution is -2.67. The molecule has 5 rings (SSSR count). The summed E-state index contributed by atoms with van der Waals surface area (Å²) in [6.07, 6.45) is 0.396. The normalized spacial score (nSPS) is 31.6. The summed E-state index contributed by atoms with van der Waals surface area (Å²) in [5, 5.41) is 12.4. The maximum Gasteiger partial charge on any atom is 0.202 e. The van der Waals surface area contributed by atoms with Crippen LogP contribution in [0.2, 0.25) is 0 Å². The highest BCUT2D eigenvalue weighted by Gasteiger charge is 2.69. The third-order valence-electron chi connectivity index (χ3n) is 11.0. The predicted octanol–water partition coefficient (Wildman–Crippen LogP) is 6.75. The van der Waals surface area contributed by atoms with E-state index in [2.05, 4.69) is 13.8 Å². The van der Waals surface area contributed by atoms with Crippen molar-refractivity contribution >= 4 is 23.1 Å². The van der Waals surface area contributed by atoms with Crippen molar-refractivity contribution in [1.82, 2.24) is 0 Å². The molecule has 0 spiro atoms. The van der Waals surface area contributed by atoms with Crippen LogP contribution in [-0.2, 0) is 9.59 Å². The van der Waals surface area contributed by atoms with Crippen LogP contribution in [0.4, 0.5) is 0 Å². The van der Waals surface area contributed by atoms with Gasteiger partial charge in [-0.3, -0.25) is 19.2 Å². The number of rotatable bonds is 3. The van der Waals surface area contributed by atoms with Gasteiger partial charge >= 0.3 is 0 Å². The number of aliphatic hydroxyl groups is 1. The number of Topliss-reactive ketones (excluding diaryl/α,β-unsaturated/α-hetero) is 4. The molecule has 0 amide bonds. The fourth-order valence-corrected chi connectivity index (χ4v) is 8.44. The predicted molar refractivity (Wildman–Crippen MR) is 155 cm³/mol. The molecule has 3 aliphatic carbocycles. The Labute approximate surface area is 236 Å². The summed E-state index contributed by atoms with van der Waals surface area (Å²) in [5.41, 5.74) is 2.94. The van der Waals surface area contributed by atoms with E-state index in [0.717, 1.165) is 22.3 Å². The van der Waals surface area contributed by atoms with Gasteiger partial charge in [-0.05, 0) is 80.7 Å². The Kier molecular flexibility index (Phi) is 6.17. The number of ketones is 4. The highest BCUT2D eigenvalue weighted by molar-refractivity contribution is 6.25. The van der Waals surface area contributed by atoms with Crippen LogP contribution in [0.15, 0.2) is 58.7 Å². The lowest BCUT2D eigenvalue weighted by Gasteiger charge is -2.63. The summed E-state index contributed by atoms with van der Waals surface area (Å²) in [7, 11) is 0. The molecule has 0 aliphatic heterocycles. The summed E-state index contributed by atoms with van der Waals surface area (Å²) in [6.45, 7) is 16.6. The third-order valence-corrected chi connectivity index (χ3v) is 11.0. The molecular formula is C35H38O5. The SMILES string of the molecule is CC(=O)C1=C(C)CC2(C)C(C)C3(C)C(=C(C)C2(O)C1=O)C(=O)c1c(ccc(-c2ccc(C(C)=O)cc2)c1C)C3C. The summed E-state index contributed by atoms with van der Waals surface area (Å²) in [5.74, 6) is -1.44. The minimum absolute atomic E-state index is 0.00834. The van der Waals surface area contributed by atoms with E-state index in [0.29, 0.717) is 34.3 Å². The molecule has 5 atom stereocenters. The summed E-state index contributed by atoms with van der Waals surface area (Å²) in [6, 6.07) is 11.5. The van der Waals surface area contributed by atoms with Gasteiger partial charge in [-0.15, -0.1) is 0 Å². The van der Waals surface area contributed by atoms with Gasteiger partial charge in [0.25, 0.3) is 0 Å². The zero-order valence-electron chi connectivity index (χ0n) is 24.9. The molecule has 208 valence electrons. The lowest BCUT2D eigenvalue weighted by molar-refractivity contribution is -0.160. The topological polar surface area (TPSA) is 88.5 Å². The van der Waals surface area contributed by atoms with Crippen LogP contribution in [-0.4, -0.2) is 33.8 Å². The van der Waals surface area contributed by atoms with E-state index < -0.39 is 22.2 Å². The second-order valence-corrected chi connectivity index (χ2v) is 12.7. The molecule has 0 heterocycles. The standard InChI is InChI=1S/C35H38O5/c1-17-16-33(8)23(7)34(9)19(3)27-15-14-26(25-12-10-24(11-13-25)21(5)36)18(2)29(27)31(38)30(34)20(4)35(33,40)32(39)28(17)22(6)37/h10-15,19,23,40H,16H2,1-9H3. The largest absolute Gasteiger partial charge is 0.377 e. The van der Waals surface area contributed by atoms with Gasteiger partial charge < -0.3 is 5.11 Å². The van der Waals surface area contributed by atoms with Crippen LogP contribution >= 0.6 is 0 Å². The minimum atomic E-state index is -1.96. The number of benzene rings is 2. The fourth-order valence-electron chi connectivity index (χ4n) is 8.44. The Hall–Kier alpha value is -3.44. The van der Waals surface area contributed by atoms with Gasteiger partial charge in [-0.1, -0.05) is 69.7 Å². The molecule has 0 fully saturated rings. The number of hydrogen-bond donors (Lipinski definition) is 1. The van der Waals surface area contributed by atoms with Crippen molar-refractivity contribution in [3.63, 3.8) is 0 Å². The summed E-state index contributed by atoms with van der Waals surface area (Å²) >= 11 is 0. The number of allylic oxidation sites excluding steroid dienone is 2. The molecule has 5 unspecified atom stereocenters. The Morgan fingerprint density at radius 2 is 1.50 bits per heavy atom. The molecule has 2 aromatic rings.